The number of carbonyl (C=O) groups excluding carboxylic acids is 5. The number of rotatable bonds is 15. The summed E-state index contributed by atoms with van der Waals surface area (Å²) in [6, 6.07) is 5.71. The Hall–Kier alpha value is -3.76. The van der Waals surface area contributed by atoms with E-state index in [2.05, 4.69) is 21.3 Å². The van der Waals surface area contributed by atoms with Crippen molar-refractivity contribution in [1.29, 1.82) is 0 Å². The number of hydrogen-bond donors (Lipinski definition) is 5. The summed E-state index contributed by atoms with van der Waals surface area (Å²) in [7, 11) is 0. The van der Waals surface area contributed by atoms with Crippen LogP contribution >= 0.6 is 0 Å². The molecule has 0 heterocycles. The molecule has 1 aromatic carbocycles. The molecule has 1 unspecified atom stereocenters. The fraction of sp³-hybridized carbons (Fsp3) is 0.571. The maximum atomic E-state index is 13.0. The minimum Gasteiger partial charge on any atom is -0.480 e. The van der Waals surface area contributed by atoms with Crippen LogP contribution in [-0.2, 0) is 35.2 Å². The van der Waals surface area contributed by atoms with Crippen LogP contribution in [0.3, 0.4) is 0 Å². The first-order chi connectivity index (χ1) is 18.1. The summed E-state index contributed by atoms with van der Waals surface area (Å²) in [6.45, 7) is 11.2. The molecular formula is C28H42N4O7. The van der Waals surface area contributed by atoms with Crippen LogP contribution in [0.25, 0.3) is 0 Å². The Morgan fingerprint density at radius 1 is 0.872 bits per heavy atom. The average Bonchev–Trinajstić information content (AvgIpc) is 2.85. The van der Waals surface area contributed by atoms with E-state index in [1.54, 1.807) is 26.0 Å². The van der Waals surface area contributed by atoms with Crippen molar-refractivity contribution >= 4 is 35.4 Å². The van der Waals surface area contributed by atoms with E-state index in [0.717, 1.165) is 5.56 Å². The molecule has 0 aliphatic carbocycles. The summed E-state index contributed by atoms with van der Waals surface area (Å²) in [4.78, 5) is 75.3. The van der Waals surface area contributed by atoms with Crippen molar-refractivity contribution in [3.63, 3.8) is 0 Å². The van der Waals surface area contributed by atoms with Crippen molar-refractivity contribution in [2.45, 2.75) is 91.4 Å². The van der Waals surface area contributed by atoms with Gasteiger partial charge in [-0.15, -0.1) is 0 Å². The number of hydrogen-bond acceptors (Lipinski definition) is 6. The van der Waals surface area contributed by atoms with Crippen molar-refractivity contribution < 1.29 is 33.9 Å². The molecule has 0 saturated heterocycles. The van der Waals surface area contributed by atoms with Crippen LogP contribution < -0.4 is 21.3 Å². The molecule has 4 atom stereocenters. The summed E-state index contributed by atoms with van der Waals surface area (Å²) >= 11 is 0. The summed E-state index contributed by atoms with van der Waals surface area (Å²) in [5.74, 6) is -5.41. The van der Waals surface area contributed by atoms with Crippen molar-refractivity contribution in [1.82, 2.24) is 21.3 Å². The highest BCUT2D eigenvalue weighted by Crippen LogP contribution is 2.12. The maximum absolute atomic E-state index is 13.0. The van der Waals surface area contributed by atoms with Crippen LogP contribution in [0, 0.1) is 11.8 Å². The lowest BCUT2D eigenvalue weighted by atomic mass is 9.96. The van der Waals surface area contributed by atoms with Gasteiger partial charge in [0, 0.05) is 0 Å². The molecule has 0 bridgehead atoms. The molecule has 11 nitrogen and oxygen atoms in total. The third-order valence-electron chi connectivity index (χ3n) is 6.29. The molecule has 0 spiro atoms. The summed E-state index contributed by atoms with van der Waals surface area (Å²) < 4.78 is 0. The molecule has 39 heavy (non-hydrogen) atoms. The van der Waals surface area contributed by atoms with Gasteiger partial charge in [0.05, 0.1) is 12.5 Å². The molecule has 0 aliphatic heterocycles. The number of Topliss-reactive ketones (excluding diaryl/α,β-unsaturated/α-hetero) is 1. The van der Waals surface area contributed by atoms with Crippen LogP contribution in [0.15, 0.2) is 30.3 Å². The van der Waals surface area contributed by atoms with Gasteiger partial charge in [-0.3, -0.25) is 24.0 Å². The van der Waals surface area contributed by atoms with Gasteiger partial charge in [0.15, 0.2) is 0 Å². The Morgan fingerprint density at radius 3 is 1.97 bits per heavy atom. The summed E-state index contributed by atoms with van der Waals surface area (Å²) in [5, 5.41) is 19.3. The SMILES string of the molecule is CC[C@H](C)[C@H](NC(=O)C(=O)C(C)NC(=O)[C@H](CC(C)C)NC(=O)Cc1ccccc1)C(=O)NC(C)(C)C(=O)O. The number of benzene rings is 1. The van der Waals surface area contributed by atoms with Crippen LogP contribution in [0.5, 0.6) is 0 Å². The van der Waals surface area contributed by atoms with Gasteiger partial charge < -0.3 is 26.4 Å². The van der Waals surface area contributed by atoms with E-state index < -0.39 is 59.1 Å². The zero-order valence-corrected chi connectivity index (χ0v) is 23.8. The van der Waals surface area contributed by atoms with Gasteiger partial charge in [0.2, 0.25) is 23.5 Å². The maximum Gasteiger partial charge on any atom is 0.328 e. The lowest BCUT2D eigenvalue weighted by Gasteiger charge is -2.28. The van der Waals surface area contributed by atoms with Crippen LogP contribution in [0.1, 0.15) is 66.9 Å². The first-order valence-electron chi connectivity index (χ1n) is 13.1. The fourth-order valence-electron chi connectivity index (χ4n) is 3.66. The van der Waals surface area contributed by atoms with E-state index in [1.165, 1.54) is 20.8 Å². The van der Waals surface area contributed by atoms with E-state index in [1.807, 2.05) is 32.0 Å². The second-order valence-electron chi connectivity index (χ2n) is 10.8. The highest BCUT2D eigenvalue weighted by atomic mass is 16.4. The highest BCUT2D eigenvalue weighted by molar-refractivity contribution is 6.38. The van der Waals surface area contributed by atoms with Gasteiger partial charge in [-0.2, -0.15) is 0 Å². The molecule has 0 aromatic heterocycles. The van der Waals surface area contributed by atoms with Crippen molar-refractivity contribution in [2.24, 2.45) is 11.8 Å². The molecule has 11 heteroatoms. The van der Waals surface area contributed by atoms with Crippen LogP contribution in [0.4, 0.5) is 0 Å². The third-order valence-corrected chi connectivity index (χ3v) is 6.29. The number of ketones is 1. The number of amides is 4. The largest absolute Gasteiger partial charge is 0.480 e. The molecule has 1 rings (SSSR count). The Morgan fingerprint density at radius 2 is 1.46 bits per heavy atom. The molecule has 216 valence electrons. The highest BCUT2D eigenvalue weighted by Gasteiger charge is 2.36. The molecule has 5 N–H and O–H groups in total. The van der Waals surface area contributed by atoms with Gasteiger partial charge in [-0.25, -0.2) is 4.79 Å². The zero-order chi connectivity index (χ0) is 29.9. The summed E-state index contributed by atoms with van der Waals surface area (Å²) in [5.41, 5.74) is -0.805. The van der Waals surface area contributed by atoms with Gasteiger partial charge >= 0.3 is 5.97 Å². The Labute approximate surface area is 229 Å². The van der Waals surface area contributed by atoms with Crippen LogP contribution in [-0.4, -0.2) is 64.2 Å². The number of aliphatic carboxylic acids is 1. The molecular weight excluding hydrogens is 504 g/mol. The van der Waals surface area contributed by atoms with Crippen molar-refractivity contribution in [3.05, 3.63) is 35.9 Å². The molecule has 4 amide bonds. The van der Waals surface area contributed by atoms with Gasteiger partial charge in [0.25, 0.3) is 5.91 Å². The lowest BCUT2D eigenvalue weighted by Crippen LogP contribution is -2.60. The van der Waals surface area contributed by atoms with E-state index >= 15 is 0 Å². The van der Waals surface area contributed by atoms with Gasteiger partial charge in [0.1, 0.15) is 17.6 Å². The second-order valence-corrected chi connectivity index (χ2v) is 10.8. The number of nitrogens with one attached hydrogen (secondary N) is 4. The number of carboxylic acids is 1. The van der Waals surface area contributed by atoms with E-state index in [9.17, 15) is 33.9 Å². The molecule has 0 fully saturated rings. The number of carboxylic acid groups (broad SMARTS) is 1. The van der Waals surface area contributed by atoms with Crippen molar-refractivity contribution in [2.75, 3.05) is 0 Å². The first kappa shape index (κ1) is 33.3. The second kappa shape index (κ2) is 15.0. The zero-order valence-electron chi connectivity index (χ0n) is 23.8. The van der Waals surface area contributed by atoms with E-state index in [0.29, 0.717) is 12.8 Å². The minimum atomic E-state index is -1.59. The lowest BCUT2D eigenvalue weighted by molar-refractivity contribution is -0.147. The molecule has 0 aliphatic rings. The number of carbonyl (C=O) groups is 6. The van der Waals surface area contributed by atoms with Crippen molar-refractivity contribution in [3.8, 4) is 0 Å². The normalized spacial score (nSPS) is 14.4. The minimum absolute atomic E-state index is 0.0527. The van der Waals surface area contributed by atoms with Gasteiger partial charge in [-0.05, 0) is 44.6 Å². The van der Waals surface area contributed by atoms with E-state index in [4.69, 9.17) is 0 Å². The predicted molar refractivity (Wildman–Crippen MR) is 145 cm³/mol. The Bertz CT molecular complexity index is 1040. The third kappa shape index (κ3) is 10.9. The Balaban J connectivity index is 2.89. The first-order valence-corrected chi connectivity index (χ1v) is 13.1. The average molecular weight is 547 g/mol. The smallest absolute Gasteiger partial charge is 0.328 e. The quantitative estimate of drug-likeness (QED) is 0.207. The fourth-order valence-corrected chi connectivity index (χ4v) is 3.66. The topological polar surface area (TPSA) is 171 Å². The Kier molecular flexibility index (Phi) is 12.8. The van der Waals surface area contributed by atoms with E-state index in [-0.39, 0.29) is 18.2 Å². The van der Waals surface area contributed by atoms with Crippen LogP contribution in [0.2, 0.25) is 0 Å². The standard InChI is InChI=1S/C28H42N4O7/c1-8-17(4)22(25(36)32-28(6,7)27(38)39)31-26(37)23(34)18(5)29-24(35)20(14-16(2)3)30-21(33)15-19-12-10-9-11-13-19/h9-13,16-18,20,22H,8,14-15H2,1-7H3,(H,29,35)(H,30,33)(H,31,37)(H,32,36)(H,38,39)/t17-,18?,20-,22-/m0/s1. The molecule has 0 radical (unpaired) electrons. The predicted octanol–water partition coefficient (Wildman–Crippen LogP) is 1.34. The molecule has 1 aromatic rings. The summed E-state index contributed by atoms with van der Waals surface area (Å²) in [6.07, 6.45) is 0.859. The van der Waals surface area contributed by atoms with Gasteiger partial charge in [-0.1, -0.05) is 64.4 Å². The monoisotopic (exact) mass is 546 g/mol. The molecule has 0 saturated carbocycles.